The van der Waals surface area contributed by atoms with Gasteiger partial charge in [0.1, 0.15) is 39.6 Å². The van der Waals surface area contributed by atoms with E-state index in [-0.39, 0.29) is 52.9 Å². The lowest BCUT2D eigenvalue weighted by Gasteiger charge is -2.36. The van der Waals surface area contributed by atoms with Crippen LogP contribution in [0, 0.1) is 46.3 Å². The smallest absolute Gasteiger partial charge is 0.308 e. The molecule has 0 aliphatic heterocycles. The van der Waals surface area contributed by atoms with E-state index in [1.807, 2.05) is 41.5 Å². The molecule has 0 aliphatic rings. The summed E-state index contributed by atoms with van der Waals surface area (Å²) in [4.78, 5) is 77.4. The Balaban J connectivity index is 6.95. The molecule has 0 rings (SSSR count). The van der Waals surface area contributed by atoms with Crippen molar-refractivity contribution < 1.29 is 61.9 Å². The summed E-state index contributed by atoms with van der Waals surface area (Å²) in [7, 11) is 0. The number of carbonyl (C=O) groups is 6. The van der Waals surface area contributed by atoms with E-state index in [0.717, 1.165) is 0 Å². The van der Waals surface area contributed by atoms with E-state index in [1.165, 1.54) is 0 Å². The molecule has 13 nitrogen and oxygen atoms in total. The maximum Gasteiger partial charge on any atom is 0.308 e. The number of hydrogen-bond acceptors (Lipinski definition) is 13. The minimum absolute atomic E-state index is 0.276. The predicted molar refractivity (Wildman–Crippen MR) is 198 cm³/mol. The molecule has 0 saturated heterocycles. The molecule has 0 fully saturated rings. The van der Waals surface area contributed by atoms with Gasteiger partial charge in [0.15, 0.2) is 0 Å². The zero-order chi connectivity index (χ0) is 40.8. The SMILES string of the molecule is CCC(C)C(=O)OCC(COCC(COC(=O)C(C)CC)(COC(=O)C(C)CC)COC(=O)C(C)CC)(COC(=O)C(C)CC)COC(=O)C(C)CC. The van der Waals surface area contributed by atoms with Crippen LogP contribution >= 0.6 is 0 Å². The molecular weight excluding hydrogens is 688 g/mol. The Morgan fingerprint density at radius 3 is 0.604 bits per heavy atom. The molecule has 0 amide bonds. The van der Waals surface area contributed by atoms with Crippen molar-refractivity contribution >= 4 is 35.8 Å². The van der Waals surface area contributed by atoms with Crippen LogP contribution in [0.15, 0.2) is 0 Å². The summed E-state index contributed by atoms with van der Waals surface area (Å²) in [5.74, 6) is -5.47. The topological polar surface area (TPSA) is 167 Å². The third-order valence-electron chi connectivity index (χ3n) is 10.0. The van der Waals surface area contributed by atoms with Gasteiger partial charge in [-0.15, -0.1) is 0 Å². The van der Waals surface area contributed by atoms with Gasteiger partial charge in [-0.2, -0.15) is 0 Å². The van der Waals surface area contributed by atoms with Crippen LogP contribution in [0.3, 0.4) is 0 Å². The number of ether oxygens (including phenoxy) is 7. The number of rotatable bonds is 28. The average molecular weight is 759 g/mol. The molecule has 0 N–H and O–H groups in total. The third kappa shape index (κ3) is 18.1. The molecule has 0 spiro atoms. The molecule has 6 atom stereocenters. The number of hydrogen-bond donors (Lipinski definition) is 0. The monoisotopic (exact) mass is 758 g/mol. The molecule has 13 heteroatoms. The van der Waals surface area contributed by atoms with E-state index in [4.69, 9.17) is 33.2 Å². The lowest BCUT2D eigenvalue weighted by molar-refractivity contribution is -0.179. The Hall–Kier alpha value is -3.22. The molecular formula is C40H70O13. The molecule has 0 radical (unpaired) electrons. The summed E-state index contributed by atoms with van der Waals surface area (Å²) >= 11 is 0. The second kappa shape index (κ2) is 25.7. The van der Waals surface area contributed by atoms with Crippen LogP contribution in [0.5, 0.6) is 0 Å². The fourth-order valence-electron chi connectivity index (χ4n) is 4.18. The summed E-state index contributed by atoms with van der Waals surface area (Å²) in [5.41, 5.74) is -2.73. The van der Waals surface area contributed by atoms with Crippen LogP contribution in [0.2, 0.25) is 0 Å². The molecule has 0 aromatic rings. The first kappa shape index (κ1) is 49.8. The quantitative estimate of drug-likeness (QED) is 0.0626. The summed E-state index contributed by atoms with van der Waals surface area (Å²) < 4.78 is 40.7. The fraction of sp³-hybridized carbons (Fsp3) is 0.850. The molecule has 308 valence electrons. The number of carbonyl (C=O) groups excluding carboxylic acids is 6. The highest BCUT2D eigenvalue weighted by molar-refractivity contribution is 5.74. The van der Waals surface area contributed by atoms with Crippen LogP contribution in [0.1, 0.15) is 122 Å². The van der Waals surface area contributed by atoms with Crippen LogP contribution in [0.25, 0.3) is 0 Å². The van der Waals surface area contributed by atoms with Crippen LogP contribution in [-0.4, -0.2) is 88.7 Å². The summed E-state index contributed by atoms with van der Waals surface area (Å²) in [5, 5.41) is 0. The maximum absolute atomic E-state index is 12.9. The van der Waals surface area contributed by atoms with Gasteiger partial charge in [0.2, 0.25) is 0 Å². The molecule has 6 unspecified atom stereocenters. The van der Waals surface area contributed by atoms with E-state index in [2.05, 4.69) is 0 Å². The average Bonchev–Trinajstić information content (AvgIpc) is 3.18. The predicted octanol–water partition coefficient (Wildman–Crippen LogP) is 6.51. The lowest BCUT2D eigenvalue weighted by Crippen LogP contribution is -2.48. The van der Waals surface area contributed by atoms with Gasteiger partial charge >= 0.3 is 35.8 Å². The first-order valence-electron chi connectivity index (χ1n) is 19.5. The summed E-state index contributed by atoms with van der Waals surface area (Å²) in [6, 6.07) is 0. The zero-order valence-electron chi connectivity index (χ0n) is 34.7. The van der Waals surface area contributed by atoms with Crippen LogP contribution in [-0.2, 0) is 61.9 Å². The van der Waals surface area contributed by atoms with Gasteiger partial charge < -0.3 is 33.2 Å². The molecule has 53 heavy (non-hydrogen) atoms. The van der Waals surface area contributed by atoms with Gasteiger partial charge in [0, 0.05) is 0 Å². The highest BCUT2D eigenvalue weighted by Gasteiger charge is 2.42. The van der Waals surface area contributed by atoms with E-state index < -0.39 is 82.2 Å². The summed E-state index contributed by atoms with van der Waals surface area (Å²) in [6.07, 6.45) is 3.15. The van der Waals surface area contributed by atoms with Crippen LogP contribution in [0.4, 0.5) is 0 Å². The van der Waals surface area contributed by atoms with Crippen molar-refractivity contribution in [2.45, 2.75) is 122 Å². The van der Waals surface area contributed by atoms with Crippen molar-refractivity contribution in [3.63, 3.8) is 0 Å². The fourth-order valence-corrected chi connectivity index (χ4v) is 4.18. The highest BCUT2D eigenvalue weighted by Crippen LogP contribution is 2.28. The van der Waals surface area contributed by atoms with Crippen molar-refractivity contribution in [3.8, 4) is 0 Å². The molecule has 0 bridgehead atoms. The maximum atomic E-state index is 12.9. The van der Waals surface area contributed by atoms with E-state index in [9.17, 15) is 28.8 Å². The second-order valence-electron chi connectivity index (χ2n) is 15.0. The second-order valence-corrected chi connectivity index (χ2v) is 15.0. The minimum atomic E-state index is -1.37. The Bertz CT molecular complexity index is 921. The van der Waals surface area contributed by atoms with E-state index in [1.54, 1.807) is 41.5 Å². The molecule has 0 saturated carbocycles. The molecule has 0 aromatic heterocycles. The van der Waals surface area contributed by atoms with E-state index >= 15 is 0 Å². The van der Waals surface area contributed by atoms with Crippen LogP contribution < -0.4 is 0 Å². The van der Waals surface area contributed by atoms with Crippen molar-refractivity contribution in [2.24, 2.45) is 46.3 Å². The Morgan fingerprint density at radius 2 is 0.472 bits per heavy atom. The van der Waals surface area contributed by atoms with Crippen molar-refractivity contribution in [3.05, 3.63) is 0 Å². The molecule has 0 heterocycles. The lowest BCUT2D eigenvalue weighted by atomic mass is 9.90. The van der Waals surface area contributed by atoms with Gasteiger partial charge in [-0.05, 0) is 38.5 Å². The molecule has 0 aliphatic carbocycles. The zero-order valence-corrected chi connectivity index (χ0v) is 34.7. The first-order chi connectivity index (χ1) is 24.9. The van der Waals surface area contributed by atoms with Gasteiger partial charge in [0.05, 0.1) is 59.6 Å². The first-order valence-corrected chi connectivity index (χ1v) is 19.5. The van der Waals surface area contributed by atoms with Gasteiger partial charge in [-0.3, -0.25) is 28.8 Å². The van der Waals surface area contributed by atoms with Crippen molar-refractivity contribution in [1.82, 2.24) is 0 Å². The van der Waals surface area contributed by atoms with E-state index in [0.29, 0.717) is 38.5 Å². The Labute approximate surface area is 318 Å². The Kier molecular flexibility index (Phi) is 24.2. The third-order valence-corrected chi connectivity index (χ3v) is 10.0. The Morgan fingerprint density at radius 1 is 0.321 bits per heavy atom. The van der Waals surface area contributed by atoms with Crippen molar-refractivity contribution in [2.75, 3.05) is 52.9 Å². The number of esters is 6. The standard InChI is InChI=1S/C40H70O13/c1-13-27(7)33(41)48-21-39(22-49-34(42)28(8)14-2,23-50-35(43)29(9)15-3)19-47-20-40(24-51-36(44)30(10)16-4,25-52-37(45)31(11)17-5)26-53-38(46)32(12)18-6/h27-32H,13-26H2,1-12H3. The van der Waals surface area contributed by atoms with Gasteiger partial charge in [-0.1, -0.05) is 83.1 Å². The van der Waals surface area contributed by atoms with Gasteiger partial charge in [0.25, 0.3) is 0 Å². The summed E-state index contributed by atoms with van der Waals surface area (Å²) in [6.45, 7) is 19.0. The normalized spacial score (nSPS) is 17.0. The largest absolute Gasteiger partial charge is 0.465 e. The molecule has 0 aromatic carbocycles. The highest BCUT2D eigenvalue weighted by atomic mass is 16.6. The van der Waals surface area contributed by atoms with Gasteiger partial charge in [-0.25, -0.2) is 0 Å². The minimum Gasteiger partial charge on any atom is -0.465 e. The van der Waals surface area contributed by atoms with Crippen molar-refractivity contribution in [1.29, 1.82) is 0 Å².